The van der Waals surface area contributed by atoms with E-state index in [2.05, 4.69) is 32.9 Å². The molecule has 0 aromatic heterocycles. The molecule has 0 spiro atoms. The Bertz CT molecular complexity index is 1120. The molecule has 1 aromatic carbocycles. The lowest BCUT2D eigenvalue weighted by Gasteiger charge is -2.59. The average Bonchev–Trinajstić information content (AvgIpc) is 3.26. The Morgan fingerprint density at radius 1 is 1.11 bits per heavy atom. The van der Waals surface area contributed by atoms with Crippen LogP contribution in [0.4, 0.5) is 0 Å². The Morgan fingerprint density at radius 2 is 1.86 bits per heavy atom. The lowest BCUT2D eigenvalue weighted by molar-refractivity contribution is -0.142. The van der Waals surface area contributed by atoms with Gasteiger partial charge in [-0.3, -0.25) is 9.59 Å². The van der Waals surface area contributed by atoms with Gasteiger partial charge >= 0.3 is 11.9 Å². The highest BCUT2D eigenvalue weighted by atomic mass is 16.5. The van der Waals surface area contributed by atoms with E-state index < -0.39 is 0 Å². The number of hydrogen-bond acceptors (Lipinski definition) is 5. The smallest absolute Gasteiger partial charge is 0.338 e. The molecule has 0 amide bonds. The predicted octanol–water partition coefficient (Wildman–Crippen LogP) is 6.34. The maximum absolute atomic E-state index is 13.4. The minimum absolute atomic E-state index is 0.0827. The first-order chi connectivity index (χ1) is 17.7. The normalized spacial score (nSPS) is 37.0. The molecule has 5 rings (SSSR count). The lowest BCUT2D eigenvalue weighted by Crippen LogP contribution is -2.57. The van der Waals surface area contributed by atoms with Crippen molar-refractivity contribution in [2.24, 2.45) is 40.4 Å². The third-order valence-corrected chi connectivity index (χ3v) is 10.6. The number of rotatable bonds is 6. The quantitative estimate of drug-likeness (QED) is 0.333. The molecule has 0 radical (unpaired) electrons. The molecule has 0 bridgehead atoms. The van der Waals surface area contributed by atoms with Gasteiger partial charge in [0.25, 0.3) is 0 Å². The number of hydrogen-bond donors (Lipinski definition) is 0. The zero-order valence-corrected chi connectivity index (χ0v) is 22.6. The Labute approximate surface area is 220 Å². The molecule has 5 heteroatoms. The number of fused-ring (bicyclic) bond motifs is 5. The summed E-state index contributed by atoms with van der Waals surface area (Å²) in [6.45, 7) is 6.90. The number of allylic oxidation sites excluding steroid dienone is 4. The van der Waals surface area contributed by atoms with Gasteiger partial charge in [-0.1, -0.05) is 51.1 Å². The minimum Gasteiger partial charge on any atom is -0.469 e. The van der Waals surface area contributed by atoms with Crippen LogP contribution in [0, 0.1) is 40.4 Å². The van der Waals surface area contributed by atoms with E-state index in [9.17, 15) is 14.4 Å². The summed E-state index contributed by atoms with van der Waals surface area (Å²) in [5.74, 6) is 1.55. The maximum Gasteiger partial charge on any atom is 0.338 e. The molecule has 0 unspecified atom stereocenters. The van der Waals surface area contributed by atoms with E-state index in [1.165, 1.54) is 7.11 Å². The van der Waals surface area contributed by atoms with Gasteiger partial charge < -0.3 is 9.47 Å². The molecule has 8 atom stereocenters. The van der Waals surface area contributed by atoms with Crippen molar-refractivity contribution < 1.29 is 23.9 Å². The molecule has 5 nitrogen and oxygen atoms in total. The van der Waals surface area contributed by atoms with Crippen molar-refractivity contribution in [2.75, 3.05) is 7.11 Å². The van der Waals surface area contributed by atoms with E-state index in [0.29, 0.717) is 48.0 Å². The molecule has 2 saturated carbocycles. The van der Waals surface area contributed by atoms with Gasteiger partial charge in [-0.05, 0) is 90.9 Å². The van der Waals surface area contributed by atoms with Gasteiger partial charge in [-0.15, -0.1) is 0 Å². The lowest BCUT2D eigenvalue weighted by atomic mass is 9.48. The third kappa shape index (κ3) is 4.38. The molecule has 4 aliphatic rings. The highest BCUT2D eigenvalue weighted by Gasteiger charge is 2.63. The summed E-state index contributed by atoms with van der Waals surface area (Å²) in [7, 11) is 1.44. The van der Waals surface area contributed by atoms with Crippen LogP contribution < -0.4 is 0 Å². The van der Waals surface area contributed by atoms with E-state index in [1.807, 2.05) is 36.4 Å². The van der Waals surface area contributed by atoms with Gasteiger partial charge in [0.1, 0.15) is 6.10 Å². The fraction of sp³-hybridized carbons (Fsp3) is 0.594. The van der Waals surface area contributed by atoms with Crippen molar-refractivity contribution in [1.82, 2.24) is 0 Å². The zero-order valence-electron chi connectivity index (χ0n) is 22.6. The highest BCUT2D eigenvalue weighted by molar-refractivity contribution is 5.92. The molecule has 0 heterocycles. The van der Waals surface area contributed by atoms with Crippen LogP contribution >= 0.6 is 0 Å². The standard InChI is InChI=1S/C32H40O5/c1-20(10-15-29(34)36-4)25-13-14-26-24-12-11-22-18-23(33)16-17-31(22,2)27(24)19-28(32(25,26)3)37-30(35)21-8-6-5-7-9-21/h5-9,11-12,18,20,24-28H,10,13-17,19H2,1-4H3/t20-,24+,25-,26+,27+,28+,31+,32-/m1/s1/i18+1,23+1. The van der Waals surface area contributed by atoms with Crippen LogP contribution in [0.5, 0.6) is 0 Å². The molecular formula is C32H40O5. The van der Waals surface area contributed by atoms with E-state index in [4.69, 9.17) is 9.47 Å². The van der Waals surface area contributed by atoms with Gasteiger partial charge in [0.15, 0.2) is 5.78 Å². The summed E-state index contributed by atoms with van der Waals surface area (Å²) in [5.41, 5.74) is 1.45. The first kappa shape index (κ1) is 25.9. The van der Waals surface area contributed by atoms with Gasteiger partial charge in [0.2, 0.25) is 0 Å². The summed E-state index contributed by atoms with van der Waals surface area (Å²) >= 11 is 0. The van der Waals surface area contributed by atoms with E-state index in [1.54, 1.807) is 0 Å². The summed E-state index contributed by atoms with van der Waals surface area (Å²) < 4.78 is 11.4. The Morgan fingerprint density at radius 3 is 2.59 bits per heavy atom. The van der Waals surface area contributed by atoms with Crippen LogP contribution in [0.25, 0.3) is 0 Å². The van der Waals surface area contributed by atoms with E-state index >= 15 is 0 Å². The second-order valence-corrected chi connectivity index (χ2v) is 12.3. The van der Waals surface area contributed by atoms with Crippen molar-refractivity contribution in [1.29, 1.82) is 0 Å². The van der Waals surface area contributed by atoms with E-state index in [-0.39, 0.29) is 34.7 Å². The summed E-state index contributed by atoms with van der Waals surface area (Å²) in [6, 6.07) is 9.28. The Balaban J connectivity index is 1.50. The van der Waals surface area contributed by atoms with Crippen molar-refractivity contribution >= 4 is 17.7 Å². The van der Waals surface area contributed by atoms with Crippen LogP contribution in [0.2, 0.25) is 0 Å². The number of esters is 2. The van der Waals surface area contributed by atoms with Crippen molar-refractivity contribution in [3.05, 3.63) is 59.7 Å². The summed E-state index contributed by atoms with van der Waals surface area (Å²) in [5, 5.41) is 0. The third-order valence-electron chi connectivity index (χ3n) is 10.6. The SMILES string of the molecule is COC(=O)CC[C@@H](C)[C@H]1CC[C@H]2[C@@H]3C=CC4=[13CH][13C](=O)CC[C@]4(C)[C@H]3C[C@H](OC(=O)c3ccccc3)[C@]12C. The number of carbonyl (C=O) groups excluding carboxylic acids is 3. The fourth-order valence-electron chi connectivity index (χ4n) is 8.50. The largest absolute Gasteiger partial charge is 0.469 e. The van der Waals surface area contributed by atoms with Crippen LogP contribution in [0.1, 0.15) is 76.1 Å². The topological polar surface area (TPSA) is 69.7 Å². The van der Waals surface area contributed by atoms with Crippen LogP contribution in [0.15, 0.2) is 54.1 Å². The molecule has 0 aliphatic heterocycles. The highest BCUT2D eigenvalue weighted by Crippen LogP contribution is 2.67. The van der Waals surface area contributed by atoms with Gasteiger partial charge in [-0.25, -0.2) is 4.79 Å². The molecule has 2 fully saturated rings. The van der Waals surface area contributed by atoms with Gasteiger partial charge in [0, 0.05) is 18.3 Å². The second kappa shape index (κ2) is 9.89. The Kier molecular flexibility index (Phi) is 6.93. The molecule has 4 aliphatic carbocycles. The van der Waals surface area contributed by atoms with Crippen molar-refractivity contribution in [2.45, 2.75) is 71.8 Å². The fourth-order valence-corrected chi connectivity index (χ4v) is 8.50. The van der Waals surface area contributed by atoms with E-state index in [0.717, 1.165) is 37.7 Å². The monoisotopic (exact) mass is 506 g/mol. The van der Waals surface area contributed by atoms with Gasteiger partial charge in [-0.2, -0.15) is 0 Å². The first-order valence-corrected chi connectivity index (χ1v) is 13.9. The second-order valence-electron chi connectivity index (χ2n) is 12.3. The number of methoxy groups -OCH3 is 1. The van der Waals surface area contributed by atoms with Crippen LogP contribution in [-0.4, -0.2) is 30.9 Å². The predicted molar refractivity (Wildman–Crippen MR) is 142 cm³/mol. The number of ketones is 1. The number of carbonyl (C=O) groups is 3. The molecule has 198 valence electrons. The van der Waals surface area contributed by atoms with Gasteiger partial charge in [0.05, 0.1) is 12.7 Å². The van der Waals surface area contributed by atoms with Crippen LogP contribution in [0.3, 0.4) is 0 Å². The first-order valence-electron chi connectivity index (χ1n) is 13.9. The molecule has 0 N–H and O–H groups in total. The minimum atomic E-state index is -0.261. The number of benzene rings is 1. The maximum atomic E-state index is 13.4. The van der Waals surface area contributed by atoms with Crippen molar-refractivity contribution in [3.8, 4) is 0 Å². The molecule has 1 aromatic rings. The summed E-state index contributed by atoms with van der Waals surface area (Å²) in [6.07, 6.45) is 11.8. The zero-order chi connectivity index (χ0) is 26.4. The molecule has 0 saturated heterocycles. The summed E-state index contributed by atoms with van der Waals surface area (Å²) in [4.78, 5) is 37.6. The average molecular weight is 507 g/mol. The Hall–Kier alpha value is -2.69. The van der Waals surface area contributed by atoms with Crippen LogP contribution in [-0.2, 0) is 19.1 Å². The molecular weight excluding hydrogens is 466 g/mol. The molecule has 37 heavy (non-hydrogen) atoms. The van der Waals surface area contributed by atoms with Crippen molar-refractivity contribution in [3.63, 3.8) is 0 Å². The number of ether oxygens (including phenoxy) is 2.